The molecule has 0 fully saturated rings. The van der Waals surface area contributed by atoms with Crippen LogP contribution in [0.5, 0.6) is 0 Å². The van der Waals surface area contributed by atoms with Crippen molar-refractivity contribution in [3.8, 4) is 0 Å². The average molecular weight is 303 g/mol. The van der Waals surface area contributed by atoms with Crippen molar-refractivity contribution in [3.05, 3.63) is 16.9 Å². The second-order valence-corrected chi connectivity index (χ2v) is 5.95. The fourth-order valence-electron chi connectivity index (χ4n) is 2.31. The van der Waals surface area contributed by atoms with E-state index in [1.807, 2.05) is 11.7 Å². The Kier molecular flexibility index (Phi) is 7.51. The van der Waals surface area contributed by atoms with Crippen molar-refractivity contribution in [3.63, 3.8) is 0 Å². The first kappa shape index (κ1) is 17.4. The number of hydrogen-bond donors (Lipinski definition) is 1. The minimum atomic E-state index is 0.192. The highest BCUT2D eigenvalue weighted by molar-refractivity contribution is 6.31. The Morgan fingerprint density at radius 3 is 2.75 bits per heavy atom. The summed E-state index contributed by atoms with van der Waals surface area (Å²) >= 11 is 6.33. The average Bonchev–Trinajstić information content (AvgIpc) is 2.75. The molecule has 1 aromatic heterocycles. The van der Waals surface area contributed by atoms with Crippen molar-refractivity contribution < 1.29 is 4.74 Å². The van der Waals surface area contributed by atoms with Crippen LogP contribution in [0.25, 0.3) is 0 Å². The van der Waals surface area contributed by atoms with Crippen LogP contribution in [-0.4, -0.2) is 56.1 Å². The topological polar surface area (TPSA) is 42.3 Å². The quantitative estimate of drug-likeness (QED) is 0.758. The first-order valence-corrected chi connectivity index (χ1v) is 7.39. The van der Waals surface area contributed by atoms with Crippen molar-refractivity contribution in [2.24, 2.45) is 5.92 Å². The van der Waals surface area contributed by atoms with Crippen LogP contribution in [-0.2, 0) is 11.3 Å². The fourth-order valence-corrected chi connectivity index (χ4v) is 2.59. The van der Waals surface area contributed by atoms with Gasteiger partial charge in [-0.05, 0) is 33.5 Å². The van der Waals surface area contributed by atoms with Gasteiger partial charge in [0.2, 0.25) is 0 Å². The predicted molar refractivity (Wildman–Crippen MR) is 83.2 cm³/mol. The van der Waals surface area contributed by atoms with Crippen LogP contribution >= 0.6 is 11.6 Å². The first-order chi connectivity index (χ1) is 9.49. The highest BCUT2D eigenvalue weighted by atomic mass is 35.5. The maximum atomic E-state index is 6.33. The van der Waals surface area contributed by atoms with Gasteiger partial charge in [-0.2, -0.15) is 5.10 Å². The second-order valence-electron chi connectivity index (χ2n) is 5.54. The third kappa shape index (κ3) is 5.05. The smallest absolute Gasteiger partial charge is 0.0834 e. The Balaban J connectivity index is 2.82. The Hall–Kier alpha value is -0.620. The van der Waals surface area contributed by atoms with E-state index >= 15 is 0 Å². The Morgan fingerprint density at radius 1 is 1.50 bits per heavy atom. The molecule has 5 nitrogen and oxygen atoms in total. The van der Waals surface area contributed by atoms with Crippen LogP contribution in [0.1, 0.15) is 25.1 Å². The van der Waals surface area contributed by atoms with Crippen LogP contribution in [0.3, 0.4) is 0 Å². The number of ether oxygens (including phenoxy) is 1. The maximum absolute atomic E-state index is 6.33. The van der Waals surface area contributed by atoms with Gasteiger partial charge in [0.25, 0.3) is 0 Å². The van der Waals surface area contributed by atoms with Crippen molar-refractivity contribution in [1.29, 1.82) is 0 Å². The van der Waals surface area contributed by atoms with Crippen LogP contribution in [0, 0.1) is 5.92 Å². The summed E-state index contributed by atoms with van der Waals surface area (Å²) < 4.78 is 7.22. The zero-order valence-electron chi connectivity index (χ0n) is 13.2. The third-order valence-electron chi connectivity index (χ3n) is 3.36. The minimum Gasteiger partial charge on any atom is -0.384 e. The molecular formula is C14H27ClN4O. The molecule has 0 aliphatic heterocycles. The molecule has 0 spiro atoms. The SMILES string of the molecule is CNC(CC(C)COC)c1c(Cl)cnn1CCN(C)C. The summed E-state index contributed by atoms with van der Waals surface area (Å²) in [5, 5.41) is 8.47. The van der Waals surface area contributed by atoms with Gasteiger partial charge in [0.1, 0.15) is 0 Å². The maximum Gasteiger partial charge on any atom is 0.0834 e. The molecule has 1 rings (SSSR count). The van der Waals surface area contributed by atoms with Crippen molar-refractivity contribution in [2.45, 2.75) is 25.9 Å². The molecule has 1 aromatic rings. The number of aromatic nitrogens is 2. The van der Waals surface area contributed by atoms with E-state index in [0.717, 1.165) is 36.8 Å². The summed E-state index contributed by atoms with van der Waals surface area (Å²) in [6.45, 7) is 4.71. The molecule has 6 heteroatoms. The summed E-state index contributed by atoms with van der Waals surface area (Å²) in [7, 11) is 7.81. The lowest BCUT2D eigenvalue weighted by atomic mass is 10.00. The van der Waals surface area contributed by atoms with E-state index in [1.54, 1.807) is 13.3 Å². The summed E-state index contributed by atoms with van der Waals surface area (Å²) in [4.78, 5) is 2.14. The van der Waals surface area contributed by atoms with Gasteiger partial charge < -0.3 is 15.0 Å². The van der Waals surface area contributed by atoms with E-state index in [-0.39, 0.29) is 6.04 Å². The highest BCUT2D eigenvalue weighted by Gasteiger charge is 2.21. The normalized spacial score (nSPS) is 14.8. The summed E-state index contributed by atoms with van der Waals surface area (Å²) in [6, 6.07) is 0.192. The van der Waals surface area contributed by atoms with Gasteiger partial charge in [0, 0.05) is 20.3 Å². The summed E-state index contributed by atoms with van der Waals surface area (Å²) in [6.07, 6.45) is 2.70. The molecule has 2 unspecified atom stereocenters. The largest absolute Gasteiger partial charge is 0.384 e. The number of methoxy groups -OCH3 is 1. The molecule has 116 valence electrons. The van der Waals surface area contributed by atoms with E-state index in [2.05, 4.69) is 36.3 Å². The van der Waals surface area contributed by atoms with E-state index in [0.29, 0.717) is 5.92 Å². The van der Waals surface area contributed by atoms with E-state index in [4.69, 9.17) is 16.3 Å². The molecule has 0 aliphatic carbocycles. The lowest BCUT2D eigenvalue weighted by Gasteiger charge is -2.22. The number of likely N-dealkylation sites (N-methyl/N-ethyl adjacent to an activating group) is 1. The van der Waals surface area contributed by atoms with Gasteiger partial charge in [-0.25, -0.2) is 0 Å². The molecule has 0 saturated carbocycles. The first-order valence-electron chi connectivity index (χ1n) is 7.01. The van der Waals surface area contributed by atoms with E-state index in [1.165, 1.54) is 0 Å². The van der Waals surface area contributed by atoms with Gasteiger partial charge in [-0.15, -0.1) is 0 Å². The van der Waals surface area contributed by atoms with Gasteiger partial charge in [-0.1, -0.05) is 18.5 Å². The Morgan fingerprint density at radius 2 is 2.20 bits per heavy atom. The van der Waals surface area contributed by atoms with Crippen molar-refractivity contribution in [2.75, 3.05) is 41.4 Å². The predicted octanol–water partition coefficient (Wildman–Crippen LogP) is 2.03. The van der Waals surface area contributed by atoms with Crippen LogP contribution in [0.4, 0.5) is 0 Å². The molecule has 2 atom stereocenters. The number of nitrogens with one attached hydrogen (secondary N) is 1. The van der Waals surface area contributed by atoms with E-state index < -0.39 is 0 Å². The highest BCUT2D eigenvalue weighted by Crippen LogP contribution is 2.27. The standard InChI is InChI=1S/C14H27ClN4O/c1-11(10-20-5)8-13(16-2)14-12(15)9-17-19(14)7-6-18(3)4/h9,11,13,16H,6-8,10H2,1-5H3. The lowest BCUT2D eigenvalue weighted by molar-refractivity contribution is 0.149. The van der Waals surface area contributed by atoms with E-state index in [9.17, 15) is 0 Å². The van der Waals surface area contributed by atoms with Gasteiger partial charge in [0.05, 0.1) is 29.5 Å². The Bertz CT molecular complexity index is 395. The van der Waals surface area contributed by atoms with Gasteiger partial charge in [0.15, 0.2) is 0 Å². The van der Waals surface area contributed by atoms with Gasteiger partial charge in [-0.3, -0.25) is 4.68 Å². The molecule has 0 amide bonds. The summed E-state index contributed by atoms with van der Waals surface area (Å²) in [5.74, 6) is 0.464. The van der Waals surface area contributed by atoms with Crippen LogP contribution < -0.4 is 5.32 Å². The monoisotopic (exact) mass is 302 g/mol. The molecule has 0 bridgehead atoms. The Labute approximate surface area is 127 Å². The molecule has 20 heavy (non-hydrogen) atoms. The van der Waals surface area contributed by atoms with Crippen LogP contribution in [0.15, 0.2) is 6.20 Å². The second kappa shape index (κ2) is 8.62. The molecule has 1 heterocycles. The van der Waals surface area contributed by atoms with Gasteiger partial charge >= 0.3 is 0 Å². The fraction of sp³-hybridized carbons (Fsp3) is 0.786. The molecule has 0 saturated heterocycles. The van der Waals surface area contributed by atoms with Crippen molar-refractivity contribution in [1.82, 2.24) is 20.0 Å². The lowest BCUT2D eigenvalue weighted by Crippen LogP contribution is -2.26. The molecular weight excluding hydrogens is 276 g/mol. The summed E-state index contributed by atoms with van der Waals surface area (Å²) in [5.41, 5.74) is 1.07. The number of rotatable bonds is 9. The van der Waals surface area contributed by atoms with Crippen molar-refractivity contribution >= 4 is 11.6 Å². The molecule has 0 aromatic carbocycles. The zero-order valence-corrected chi connectivity index (χ0v) is 13.9. The van der Waals surface area contributed by atoms with Crippen LogP contribution in [0.2, 0.25) is 5.02 Å². The number of hydrogen-bond acceptors (Lipinski definition) is 4. The molecule has 0 aliphatic rings. The zero-order chi connectivity index (χ0) is 15.1. The minimum absolute atomic E-state index is 0.192. The molecule has 1 N–H and O–H groups in total. The third-order valence-corrected chi connectivity index (χ3v) is 3.65. The number of nitrogens with zero attached hydrogens (tertiary/aromatic N) is 3. The molecule has 0 radical (unpaired) electrons. The number of halogens is 1.